The van der Waals surface area contributed by atoms with Crippen molar-refractivity contribution < 1.29 is 9.59 Å². The maximum absolute atomic E-state index is 14.0. The van der Waals surface area contributed by atoms with Gasteiger partial charge in [0.05, 0.1) is 10.9 Å². The van der Waals surface area contributed by atoms with Gasteiger partial charge in [-0.3, -0.25) is 14.2 Å². The lowest BCUT2D eigenvalue weighted by Gasteiger charge is -2.37. The van der Waals surface area contributed by atoms with E-state index >= 15 is 0 Å². The predicted octanol–water partition coefficient (Wildman–Crippen LogP) is 5.23. The molecule has 2 amide bonds. The highest BCUT2D eigenvalue weighted by Crippen LogP contribution is 2.48. The second kappa shape index (κ2) is 13.7. The summed E-state index contributed by atoms with van der Waals surface area (Å²) in [6.45, 7) is 12.4. The molecule has 0 saturated carbocycles. The van der Waals surface area contributed by atoms with Gasteiger partial charge in [0.1, 0.15) is 5.37 Å². The zero-order chi connectivity index (χ0) is 32.4. The number of likely N-dealkylation sites (N-methyl/N-ethyl adjacent to an activating group) is 1. The van der Waals surface area contributed by atoms with Crippen LogP contribution in [-0.4, -0.2) is 94.2 Å². The molecule has 9 nitrogen and oxygen atoms in total. The minimum Gasteiger partial charge on any atom is -0.369 e. The number of rotatable bonds is 8. The maximum atomic E-state index is 14.0. The molecule has 0 spiro atoms. The number of aromatic amines is 1. The number of thioether (sulfide) groups is 1. The number of hydrogen-bond donors (Lipinski definition) is 1. The van der Waals surface area contributed by atoms with Gasteiger partial charge in [-0.1, -0.05) is 69.3 Å². The third-order valence-electron chi connectivity index (χ3n) is 9.68. The number of likely N-dealkylation sites (tertiary alicyclic amines) is 1. The molecule has 3 aliphatic heterocycles. The molecule has 0 bridgehead atoms. The fraction of sp³-hybridized carbons (Fsp3) is 0.528. The standard InChI is InChI=1S/C36H48N6O3S/c1-36(2,3)16-19-41-33(44)31(46-34(41)28-12-8-9-13-30(28)39-22-20-38(4)21-23-39)24-32(43)40-17-14-27(15-18-40)42-25-29(37-35(42)45)26-10-6-5-7-11-26/h5-13,25,27,31,34H,14-24H2,1-4H3,(H,37,45). The molecule has 1 aromatic heterocycles. The van der Waals surface area contributed by atoms with Crippen molar-refractivity contribution in [3.05, 3.63) is 76.8 Å². The number of piperazine rings is 1. The van der Waals surface area contributed by atoms with Crippen molar-refractivity contribution in [3.8, 4) is 11.3 Å². The van der Waals surface area contributed by atoms with E-state index in [4.69, 9.17) is 0 Å². The molecule has 0 aliphatic carbocycles. The Kier molecular flexibility index (Phi) is 9.66. The van der Waals surface area contributed by atoms with E-state index in [1.165, 1.54) is 11.3 Å². The Morgan fingerprint density at radius 2 is 1.59 bits per heavy atom. The third kappa shape index (κ3) is 7.23. The summed E-state index contributed by atoms with van der Waals surface area (Å²) in [5.41, 5.74) is 4.13. The Labute approximate surface area is 276 Å². The Hall–Kier alpha value is -3.50. The van der Waals surface area contributed by atoms with Gasteiger partial charge in [-0.25, -0.2) is 4.79 Å². The number of nitrogens with one attached hydrogen (secondary N) is 1. The first kappa shape index (κ1) is 32.4. The Bertz CT molecular complexity index is 1560. The van der Waals surface area contributed by atoms with Crippen molar-refractivity contribution in [1.29, 1.82) is 0 Å². The zero-order valence-corrected chi connectivity index (χ0v) is 28.5. The molecule has 3 fully saturated rings. The second-order valence-electron chi connectivity index (χ2n) is 14.2. The molecule has 4 heterocycles. The normalized spacial score (nSPS) is 21.7. The van der Waals surface area contributed by atoms with Crippen LogP contribution in [0.4, 0.5) is 5.69 Å². The highest BCUT2D eigenvalue weighted by atomic mass is 32.2. The summed E-state index contributed by atoms with van der Waals surface area (Å²) in [5, 5.41) is -0.523. The number of nitrogens with zero attached hydrogens (tertiary/aromatic N) is 5. The molecule has 6 rings (SSSR count). The molecule has 10 heteroatoms. The number of benzene rings is 2. The largest absolute Gasteiger partial charge is 0.369 e. The maximum Gasteiger partial charge on any atom is 0.326 e. The quantitative estimate of drug-likeness (QED) is 0.362. The van der Waals surface area contributed by atoms with Crippen molar-refractivity contribution in [2.24, 2.45) is 5.41 Å². The van der Waals surface area contributed by atoms with E-state index in [2.05, 4.69) is 66.9 Å². The summed E-state index contributed by atoms with van der Waals surface area (Å²) in [6, 6.07) is 18.4. The number of H-pyrrole nitrogens is 1. The van der Waals surface area contributed by atoms with E-state index in [0.717, 1.165) is 43.9 Å². The smallest absolute Gasteiger partial charge is 0.326 e. The van der Waals surface area contributed by atoms with E-state index in [1.54, 1.807) is 16.3 Å². The van der Waals surface area contributed by atoms with Crippen molar-refractivity contribution in [2.75, 3.05) is 57.8 Å². The summed E-state index contributed by atoms with van der Waals surface area (Å²) in [4.78, 5) is 52.2. The van der Waals surface area contributed by atoms with E-state index in [9.17, 15) is 14.4 Å². The van der Waals surface area contributed by atoms with Crippen LogP contribution in [0.1, 0.15) is 63.4 Å². The number of piperidine rings is 1. The second-order valence-corrected chi connectivity index (χ2v) is 15.5. The highest BCUT2D eigenvalue weighted by molar-refractivity contribution is 8.01. The minimum atomic E-state index is -0.406. The van der Waals surface area contributed by atoms with Crippen LogP contribution >= 0.6 is 11.8 Å². The monoisotopic (exact) mass is 644 g/mol. The average Bonchev–Trinajstić information content (AvgIpc) is 3.59. The van der Waals surface area contributed by atoms with Gasteiger partial charge in [0.25, 0.3) is 0 Å². The average molecular weight is 645 g/mol. The molecule has 3 aromatic rings. The first-order valence-corrected chi connectivity index (χ1v) is 17.6. The number of hydrogen-bond acceptors (Lipinski definition) is 6. The molecule has 246 valence electrons. The summed E-state index contributed by atoms with van der Waals surface area (Å²) in [6.07, 6.45) is 4.42. The Balaban J connectivity index is 1.13. The molecule has 2 unspecified atom stereocenters. The van der Waals surface area contributed by atoms with Gasteiger partial charge in [0.2, 0.25) is 11.8 Å². The first-order chi connectivity index (χ1) is 22.1. The lowest BCUT2D eigenvalue weighted by molar-refractivity contribution is -0.136. The van der Waals surface area contributed by atoms with Crippen molar-refractivity contribution in [2.45, 2.75) is 63.1 Å². The van der Waals surface area contributed by atoms with Crippen LogP contribution in [0, 0.1) is 5.41 Å². The molecule has 1 N–H and O–H groups in total. The van der Waals surface area contributed by atoms with Crippen LogP contribution in [0.3, 0.4) is 0 Å². The summed E-state index contributed by atoms with van der Waals surface area (Å²) >= 11 is 1.64. The highest BCUT2D eigenvalue weighted by Gasteiger charge is 2.44. The summed E-state index contributed by atoms with van der Waals surface area (Å²) < 4.78 is 1.79. The van der Waals surface area contributed by atoms with Gasteiger partial charge < -0.3 is 24.6 Å². The fourth-order valence-electron chi connectivity index (χ4n) is 6.81. The van der Waals surface area contributed by atoms with Crippen molar-refractivity contribution in [3.63, 3.8) is 0 Å². The van der Waals surface area contributed by atoms with Gasteiger partial charge in [-0.15, -0.1) is 11.8 Å². The number of amides is 2. The van der Waals surface area contributed by atoms with E-state index in [-0.39, 0.29) is 40.8 Å². The topological polar surface area (TPSA) is 84.9 Å². The summed E-state index contributed by atoms with van der Waals surface area (Å²) in [7, 11) is 2.16. The van der Waals surface area contributed by atoms with Crippen molar-refractivity contribution in [1.82, 2.24) is 24.3 Å². The van der Waals surface area contributed by atoms with Crippen LogP contribution in [0.5, 0.6) is 0 Å². The minimum absolute atomic E-state index is 0.0273. The van der Waals surface area contributed by atoms with E-state index in [1.807, 2.05) is 46.3 Å². The van der Waals surface area contributed by atoms with Crippen molar-refractivity contribution >= 4 is 29.3 Å². The predicted molar refractivity (Wildman–Crippen MR) is 186 cm³/mol. The molecule has 2 atom stereocenters. The van der Waals surface area contributed by atoms with Crippen LogP contribution in [0.15, 0.2) is 65.6 Å². The Morgan fingerprint density at radius 3 is 2.28 bits per heavy atom. The lowest BCUT2D eigenvalue weighted by atomic mass is 9.92. The van der Waals surface area contributed by atoms with E-state index in [0.29, 0.717) is 32.5 Å². The van der Waals surface area contributed by atoms with Crippen LogP contribution in [0.2, 0.25) is 0 Å². The van der Waals surface area contributed by atoms with Crippen LogP contribution in [0.25, 0.3) is 11.3 Å². The third-order valence-corrected chi connectivity index (χ3v) is 11.1. The van der Waals surface area contributed by atoms with Gasteiger partial charge in [-0.05, 0) is 43.4 Å². The van der Waals surface area contributed by atoms with Gasteiger partial charge in [0, 0.05) is 75.7 Å². The lowest BCUT2D eigenvalue weighted by Crippen LogP contribution is -2.45. The fourth-order valence-corrected chi connectivity index (χ4v) is 8.31. The number of carbonyl (C=O) groups excluding carboxylic acids is 2. The Morgan fingerprint density at radius 1 is 0.913 bits per heavy atom. The molecule has 2 aromatic carbocycles. The number of para-hydroxylation sites is 1. The number of imidazole rings is 1. The molecule has 3 aliphatic rings. The van der Waals surface area contributed by atoms with Gasteiger partial charge in [0.15, 0.2) is 0 Å². The van der Waals surface area contributed by atoms with Gasteiger partial charge in [-0.2, -0.15) is 0 Å². The van der Waals surface area contributed by atoms with Gasteiger partial charge >= 0.3 is 5.69 Å². The van der Waals surface area contributed by atoms with Crippen LogP contribution < -0.4 is 10.6 Å². The van der Waals surface area contributed by atoms with Crippen LogP contribution in [-0.2, 0) is 9.59 Å². The summed E-state index contributed by atoms with van der Waals surface area (Å²) in [5.74, 6) is 0.0995. The zero-order valence-electron chi connectivity index (χ0n) is 27.7. The molecule has 3 saturated heterocycles. The molecule has 46 heavy (non-hydrogen) atoms. The molecular formula is C36H48N6O3S. The molecule has 0 radical (unpaired) electrons. The number of aromatic nitrogens is 2. The number of anilines is 1. The van der Waals surface area contributed by atoms with E-state index < -0.39 is 5.25 Å². The number of carbonyl (C=O) groups is 2. The molecular weight excluding hydrogens is 597 g/mol. The first-order valence-electron chi connectivity index (χ1n) is 16.7. The SMILES string of the molecule is CN1CCN(c2ccccc2C2SC(CC(=O)N3CCC(n4cc(-c5ccccc5)[nH]c4=O)CC3)C(=O)N2CCC(C)(C)C)CC1.